The summed E-state index contributed by atoms with van der Waals surface area (Å²) in [6.07, 6.45) is 1.99. The lowest BCUT2D eigenvalue weighted by Crippen LogP contribution is -1.99. The van der Waals surface area contributed by atoms with E-state index in [1.54, 1.807) is 30.3 Å². The van der Waals surface area contributed by atoms with Gasteiger partial charge in [-0.1, -0.05) is 78.3 Å². The second-order valence-corrected chi connectivity index (χ2v) is 7.73. The van der Waals surface area contributed by atoms with Crippen LogP contribution in [-0.2, 0) is 13.0 Å². The van der Waals surface area contributed by atoms with Gasteiger partial charge in [0.05, 0.1) is 11.6 Å². The highest BCUT2D eigenvalue weighted by Crippen LogP contribution is 2.27. The minimum Gasteiger partial charge on any atom is -0.508 e. The number of rotatable bonds is 8. The molecule has 0 atom stereocenters. The average Bonchev–Trinajstić information content (AvgIpc) is 2.84. The van der Waals surface area contributed by atoms with E-state index < -0.39 is 0 Å². The molecule has 4 aromatic rings. The molecule has 4 aromatic carbocycles. The van der Waals surface area contributed by atoms with Crippen LogP contribution >= 0.6 is 11.6 Å². The summed E-state index contributed by atoms with van der Waals surface area (Å²) in [6, 6.07) is 31.9. The Morgan fingerprint density at radius 3 is 1.97 bits per heavy atom. The zero-order chi connectivity index (χ0) is 23.3. The molecule has 0 aliphatic rings. The Labute approximate surface area is 199 Å². The molecule has 170 valence electrons. The zero-order valence-electron chi connectivity index (χ0n) is 18.2. The Hall–Kier alpha value is -3.63. The lowest BCUT2D eigenvalue weighted by atomic mass is 10.1. The van der Waals surface area contributed by atoms with Gasteiger partial charge >= 0.3 is 0 Å². The number of phenolic OH excluding ortho intramolecular Hbond substituents is 2. The molecule has 5 heteroatoms. The van der Waals surface area contributed by atoms with Crippen LogP contribution in [0.15, 0.2) is 103 Å². The maximum Gasteiger partial charge on any atom is 0.137 e. The molecule has 0 fully saturated rings. The Morgan fingerprint density at radius 2 is 1.30 bits per heavy atom. The second-order valence-electron chi connectivity index (χ2n) is 7.32. The van der Waals surface area contributed by atoms with Crippen molar-refractivity contribution in [3.63, 3.8) is 0 Å². The fourth-order valence-electron chi connectivity index (χ4n) is 3.01. The summed E-state index contributed by atoms with van der Waals surface area (Å²) < 4.78 is 11.1. The van der Waals surface area contributed by atoms with Crippen LogP contribution in [0.5, 0.6) is 23.0 Å². The molecule has 0 aromatic heterocycles. The van der Waals surface area contributed by atoms with Crippen molar-refractivity contribution >= 4 is 11.6 Å². The fraction of sp³-hybridized carbons (Fsp3) is 0.143. The summed E-state index contributed by atoms with van der Waals surface area (Å²) in [4.78, 5) is 0. The summed E-state index contributed by atoms with van der Waals surface area (Å²) in [5.41, 5.74) is 2.41. The van der Waals surface area contributed by atoms with Crippen molar-refractivity contribution in [1.29, 1.82) is 0 Å². The van der Waals surface area contributed by atoms with Crippen LogP contribution in [0.25, 0.3) is 0 Å². The maximum atomic E-state index is 9.39. The fourth-order valence-corrected chi connectivity index (χ4v) is 3.13. The molecule has 0 aliphatic heterocycles. The number of hydrogen-bond donors (Lipinski definition) is 2. The predicted octanol–water partition coefficient (Wildman–Crippen LogP) is 7.03. The van der Waals surface area contributed by atoms with E-state index in [1.807, 2.05) is 54.6 Å². The SMILES string of the molecule is Oc1cc(OCc2ccccc2)ccc1Cl.Oc1cccc(OCCCc2ccccc2)c1. The van der Waals surface area contributed by atoms with Crippen LogP contribution in [-0.4, -0.2) is 16.8 Å². The van der Waals surface area contributed by atoms with Crippen molar-refractivity contribution < 1.29 is 19.7 Å². The second kappa shape index (κ2) is 13.0. The Morgan fingerprint density at radius 1 is 0.636 bits per heavy atom. The summed E-state index contributed by atoms with van der Waals surface area (Å²) in [5, 5.41) is 19.0. The third kappa shape index (κ3) is 8.79. The first kappa shape index (κ1) is 24.0. The monoisotopic (exact) mass is 462 g/mol. The molecule has 0 aliphatic carbocycles. The van der Waals surface area contributed by atoms with E-state index in [-0.39, 0.29) is 11.5 Å². The van der Waals surface area contributed by atoms with Crippen LogP contribution in [0, 0.1) is 0 Å². The van der Waals surface area contributed by atoms with Crippen molar-refractivity contribution in [2.45, 2.75) is 19.4 Å². The van der Waals surface area contributed by atoms with Crippen LogP contribution in [0.4, 0.5) is 0 Å². The van der Waals surface area contributed by atoms with E-state index in [9.17, 15) is 10.2 Å². The molecular weight excluding hydrogens is 436 g/mol. The number of halogens is 1. The van der Waals surface area contributed by atoms with Gasteiger partial charge in [0.25, 0.3) is 0 Å². The number of hydrogen-bond acceptors (Lipinski definition) is 4. The number of aromatic hydroxyl groups is 2. The molecule has 4 nitrogen and oxygen atoms in total. The molecule has 0 amide bonds. The van der Waals surface area contributed by atoms with E-state index in [4.69, 9.17) is 21.1 Å². The largest absolute Gasteiger partial charge is 0.508 e. The molecule has 0 unspecified atom stereocenters. The van der Waals surface area contributed by atoms with E-state index in [2.05, 4.69) is 12.1 Å². The topological polar surface area (TPSA) is 58.9 Å². The van der Waals surface area contributed by atoms with E-state index in [0.717, 1.165) is 24.2 Å². The van der Waals surface area contributed by atoms with Crippen LogP contribution in [0.1, 0.15) is 17.5 Å². The normalized spacial score (nSPS) is 10.1. The highest BCUT2D eigenvalue weighted by Gasteiger charge is 2.01. The van der Waals surface area contributed by atoms with Crippen LogP contribution < -0.4 is 9.47 Å². The minimum atomic E-state index is 0.0345. The van der Waals surface area contributed by atoms with E-state index in [0.29, 0.717) is 24.0 Å². The van der Waals surface area contributed by atoms with Gasteiger partial charge in [0, 0.05) is 12.1 Å². The van der Waals surface area contributed by atoms with Gasteiger partial charge < -0.3 is 19.7 Å². The van der Waals surface area contributed by atoms with E-state index >= 15 is 0 Å². The highest BCUT2D eigenvalue weighted by atomic mass is 35.5. The van der Waals surface area contributed by atoms with Gasteiger partial charge in [-0.25, -0.2) is 0 Å². The smallest absolute Gasteiger partial charge is 0.137 e. The van der Waals surface area contributed by atoms with Crippen molar-refractivity contribution in [2.24, 2.45) is 0 Å². The molecule has 0 spiro atoms. The van der Waals surface area contributed by atoms with Gasteiger partial charge in [0.2, 0.25) is 0 Å². The van der Waals surface area contributed by atoms with Crippen LogP contribution in [0.3, 0.4) is 0 Å². The van der Waals surface area contributed by atoms with E-state index in [1.165, 1.54) is 11.6 Å². The first-order valence-electron chi connectivity index (χ1n) is 10.7. The molecule has 0 saturated carbocycles. The molecular formula is C28H27ClO4. The van der Waals surface area contributed by atoms with Crippen molar-refractivity contribution in [3.8, 4) is 23.0 Å². The highest BCUT2D eigenvalue weighted by molar-refractivity contribution is 6.32. The van der Waals surface area contributed by atoms with Gasteiger partial charge in [-0.3, -0.25) is 0 Å². The number of phenols is 2. The quantitative estimate of drug-likeness (QED) is 0.276. The number of ether oxygens (including phenoxy) is 2. The molecule has 0 bridgehead atoms. The van der Waals surface area contributed by atoms with Gasteiger partial charge in [-0.05, 0) is 48.2 Å². The summed E-state index contributed by atoms with van der Waals surface area (Å²) >= 11 is 5.69. The summed E-state index contributed by atoms with van der Waals surface area (Å²) in [6.45, 7) is 1.14. The molecule has 2 N–H and O–H groups in total. The summed E-state index contributed by atoms with van der Waals surface area (Å²) in [5.74, 6) is 1.60. The molecule has 0 heterocycles. The number of aryl methyl sites for hydroxylation is 1. The molecule has 0 radical (unpaired) electrons. The number of benzene rings is 4. The standard InChI is InChI=1S/C15H16O2.C13H11ClO2/c16-14-9-4-10-15(12-14)17-11-5-8-13-6-2-1-3-7-13;14-12-7-6-11(8-13(12)15)16-9-10-4-2-1-3-5-10/h1-4,6-7,9-10,12,16H,5,8,11H2;1-8,15H,9H2. The Balaban J connectivity index is 0.000000186. The Bertz CT molecular complexity index is 1100. The van der Waals surface area contributed by atoms with Crippen molar-refractivity contribution in [3.05, 3.63) is 119 Å². The third-order valence-electron chi connectivity index (χ3n) is 4.70. The first-order valence-corrected chi connectivity index (χ1v) is 11.1. The maximum absolute atomic E-state index is 9.39. The molecule has 0 saturated heterocycles. The van der Waals surface area contributed by atoms with Gasteiger partial charge in [-0.2, -0.15) is 0 Å². The van der Waals surface area contributed by atoms with Crippen molar-refractivity contribution in [1.82, 2.24) is 0 Å². The first-order chi connectivity index (χ1) is 16.1. The molecule has 4 rings (SSSR count). The minimum absolute atomic E-state index is 0.0345. The van der Waals surface area contributed by atoms with Gasteiger partial charge in [-0.15, -0.1) is 0 Å². The van der Waals surface area contributed by atoms with Gasteiger partial charge in [0.15, 0.2) is 0 Å². The average molecular weight is 463 g/mol. The molecule has 33 heavy (non-hydrogen) atoms. The van der Waals surface area contributed by atoms with Gasteiger partial charge in [0.1, 0.15) is 29.6 Å². The lowest BCUT2D eigenvalue weighted by molar-refractivity contribution is 0.304. The van der Waals surface area contributed by atoms with Crippen LogP contribution in [0.2, 0.25) is 5.02 Å². The Kier molecular flexibility index (Phi) is 9.49. The lowest BCUT2D eigenvalue weighted by Gasteiger charge is -2.06. The van der Waals surface area contributed by atoms with Crippen molar-refractivity contribution in [2.75, 3.05) is 6.61 Å². The zero-order valence-corrected chi connectivity index (χ0v) is 19.0. The predicted molar refractivity (Wildman–Crippen MR) is 132 cm³/mol. The third-order valence-corrected chi connectivity index (χ3v) is 5.02. The summed E-state index contributed by atoms with van der Waals surface area (Å²) in [7, 11) is 0.